The van der Waals surface area contributed by atoms with E-state index in [1.807, 2.05) is 54.6 Å². The van der Waals surface area contributed by atoms with Crippen LogP contribution in [0.4, 0.5) is 0 Å². The highest BCUT2D eigenvalue weighted by Crippen LogP contribution is 2.24. The van der Waals surface area contributed by atoms with Gasteiger partial charge in [-0.2, -0.15) is 0 Å². The predicted octanol–water partition coefficient (Wildman–Crippen LogP) is 2.85. The number of benzene rings is 2. The van der Waals surface area contributed by atoms with Crippen LogP contribution in [0.2, 0.25) is 0 Å². The zero-order chi connectivity index (χ0) is 17.4. The van der Waals surface area contributed by atoms with E-state index in [1.165, 1.54) is 0 Å². The Balaban J connectivity index is 2.17. The fraction of sp³-hybridized carbons (Fsp3) is 0.263. The maximum atomic E-state index is 12.1. The molecule has 2 aromatic carbocycles. The lowest BCUT2D eigenvalue weighted by atomic mass is 9.98. The lowest BCUT2D eigenvalue weighted by Gasteiger charge is -2.20. The van der Waals surface area contributed by atoms with Gasteiger partial charge < -0.3 is 14.8 Å². The Labute approximate surface area is 141 Å². The summed E-state index contributed by atoms with van der Waals surface area (Å²) in [7, 11) is 1.60. The second kappa shape index (κ2) is 8.72. The first-order valence-electron chi connectivity index (χ1n) is 7.78. The summed E-state index contributed by atoms with van der Waals surface area (Å²) < 4.78 is 10.1. The summed E-state index contributed by atoms with van der Waals surface area (Å²) in [6, 6.07) is 16.8. The van der Waals surface area contributed by atoms with Gasteiger partial charge in [0.25, 0.3) is 5.91 Å². The number of rotatable bonds is 7. The fourth-order valence-electron chi connectivity index (χ4n) is 2.25. The first kappa shape index (κ1) is 17.5. The zero-order valence-electron chi connectivity index (χ0n) is 13.8. The number of carbonyl (C=O) groups excluding carboxylic acids is 2. The van der Waals surface area contributed by atoms with E-state index in [4.69, 9.17) is 9.47 Å². The molecule has 0 spiro atoms. The molecule has 0 heterocycles. The van der Waals surface area contributed by atoms with Crippen LogP contribution in [0.5, 0.6) is 5.75 Å². The highest BCUT2D eigenvalue weighted by molar-refractivity contribution is 5.81. The number of methoxy groups -OCH3 is 1. The molecule has 1 N–H and O–H groups in total. The molecule has 0 aliphatic rings. The van der Waals surface area contributed by atoms with Gasteiger partial charge in [0.1, 0.15) is 5.75 Å². The quantitative estimate of drug-likeness (QED) is 0.794. The SMILES string of the molecule is CCC(=O)OCC(=O)N[C@H](c1ccccc1)c1ccc(OC)cc1. The van der Waals surface area contributed by atoms with E-state index in [1.54, 1.807) is 14.0 Å². The topological polar surface area (TPSA) is 64.6 Å². The van der Waals surface area contributed by atoms with Gasteiger partial charge in [-0.1, -0.05) is 49.4 Å². The van der Waals surface area contributed by atoms with Crippen molar-refractivity contribution in [2.24, 2.45) is 0 Å². The van der Waals surface area contributed by atoms with Gasteiger partial charge in [0.05, 0.1) is 13.2 Å². The first-order chi connectivity index (χ1) is 11.6. The molecule has 2 aromatic rings. The van der Waals surface area contributed by atoms with Gasteiger partial charge in [0.15, 0.2) is 6.61 Å². The van der Waals surface area contributed by atoms with E-state index < -0.39 is 5.97 Å². The predicted molar refractivity (Wildman–Crippen MR) is 90.7 cm³/mol. The maximum Gasteiger partial charge on any atom is 0.306 e. The molecule has 0 bridgehead atoms. The molecule has 0 saturated carbocycles. The maximum absolute atomic E-state index is 12.1. The molecular formula is C19H21NO4. The van der Waals surface area contributed by atoms with Crippen LogP contribution in [-0.2, 0) is 14.3 Å². The molecule has 0 aliphatic carbocycles. The molecule has 0 aromatic heterocycles. The number of esters is 1. The first-order valence-corrected chi connectivity index (χ1v) is 7.78. The fourth-order valence-corrected chi connectivity index (χ4v) is 2.25. The smallest absolute Gasteiger partial charge is 0.306 e. The number of carbonyl (C=O) groups is 2. The van der Waals surface area contributed by atoms with Crippen LogP contribution in [-0.4, -0.2) is 25.6 Å². The third kappa shape index (κ3) is 4.84. The molecule has 0 saturated heterocycles. The van der Waals surface area contributed by atoms with Crippen molar-refractivity contribution in [1.29, 1.82) is 0 Å². The van der Waals surface area contributed by atoms with Crippen LogP contribution in [0.3, 0.4) is 0 Å². The monoisotopic (exact) mass is 327 g/mol. The molecule has 2 rings (SSSR count). The molecule has 0 aliphatic heterocycles. The second-order valence-electron chi connectivity index (χ2n) is 5.20. The minimum Gasteiger partial charge on any atom is -0.497 e. The second-order valence-corrected chi connectivity index (χ2v) is 5.20. The summed E-state index contributed by atoms with van der Waals surface area (Å²) in [5, 5.41) is 2.91. The number of amides is 1. The van der Waals surface area contributed by atoms with E-state index in [2.05, 4.69) is 5.32 Å². The van der Waals surface area contributed by atoms with Crippen LogP contribution < -0.4 is 10.1 Å². The van der Waals surface area contributed by atoms with E-state index in [9.17, 15) is 9.59 Å². The Hall–Kier alpha value is -2.82. The molecule has 0 radical (unpaired) electrons. The number of hydrogen-bond donors (Lipinski definition) is 1. The van der Waals surface area contributed by atoms with Crippen molar-refractivity contribution in [2.75, 3.05) is 13.7 Å². The van der Waals surface area contributed by atoms with E-state index in [0.29, 0.717) is 0 Å². The Morgan fingerprint density at radius 3 is 2.21 bits per heavy atom. The van der Waals surface area contributed by atoms with Gasteiger partial charge in [0, 0.05) is 6.42 Å². The summed E-state index contributed by atoms with van der Waals surface area (Å²) in [6.45, 7) is 1.40. The van der Waals surface area contributed by atoms with Crippen molar-refractivity contribution >= 4 is 11.9 Å². The molecular weight excluding hydrogens is 306 g/mol. The van der Waals surface area contributed by atoms with Gasteiger partial charge in [-0.3, -0.25) is 9.59 Å². The Morgan fingerprint density at radius 2 is 1.62 bits per heavy atom. The largest absolute Gasteiger partial charge is 0.497 e. The minimum absolute atomic E-state index is 0.244. The summed E-state index contributed by atoms with van der Waals surface area (Å²) in [4.78, 5) is 23.3. The molecule has 1 atom stereocenters. The molecule has 0 fully saturated rings. The van der Waals surface area contributed by atoms with Crippen molar-refractivity contribution in [2.45, 2.75) is 19.4 Å². The van der Waals surface area contributed by atoms with Crippen LogP contribution in [0, 0.1) is 0 Å². The van der Waals surface area contributed by atoms with Crippen molar-refractivity contribution in [3.63, 3.8) is 0 Å². The minimum atomic E-state index is -0.397. The van der Waals surface area contributed by atoms with Gasteiger partial charge in [-0.25, -0.2) is 0 Å². The Bertz CT molecular complexity index is 668. The highest BCUT2D eigenvalue weighted by atomic mass is 16.5. The molecule has 126 valence electrons. The lowest BCUT2D eigenvalue weighted by molar-refractivity contribution is -0.148. The summed E-state index contributed by atoms with van der Waals surface area (Å²) in [6.07, 6.45) is 0.244. The van der Waals surface area contributed by atoms with Crippen molar-refractivity contribution in [3.05, 3.63) is 65.7 Å². The molecule has 0 unspecified atom stereocenters. The van der Waals surface area contributed by atoms with Gasteiger partial charge in [-0.05, 0) is 23.3 Å². The normalized spacial score (nSPS) is 11.4. The van der Waals surface area contributed by atoms with Crippen molar-refractivity contribution in [1.82, 2.24) is 5.32 Å². The summed E-state index contributed by atoms with van der Waals surface area (Å²) in [5.41, 5.74) is 1.86. The lowest BCUT2D eigenvalue weighted by Crippen LogP contribution is -2.33. The van der Waals surface area contributed by atoms with E-state index in [0.717, 1.165) is 16.9 Å². The highest BCUT2D eigenvalue weighted by Gasteiger charge is 2.17. The van der Waals surface area contributed by atoms with Crippen molar-refractivity contribution in [3.8, 4) is 5.75 Å². The van der Waals surface area contributed by atoms with Crippen LogP contribution in [0.1, 0.15) is 30.5 Å². The molecule has 24 heavy (non-hydrogen) atoms. The number of hydrogen-bond acceptors (Lipinski definition) is 4. The zero-order valence-corrected chi connectivity index (χ0v) is 13.8. The number of nitrogens with one attached hydrogen (secondary N) is 1. The van der Waals surface area contributed by atoms with Gasteiger partial charge in [0.2, 0.25) is 0 Å². The third-order valence-electron chi connectivity index (χ3n) is 3.54. The van der Waals surface area contributed by atoms with Crippen molar-refractivity contribution < 1.29 is 19.1 Å². The van der Waals surface area contributed by atoms with E-state index in [-0.39, 0.29) is 25.0 Å². The molecule has 5 nitrogen and oxygen atoms in total. The number of ether oxygens (including phenoxy) is 2. The summed E-state index contributed by atoms with van der Waals surface area (Å²) in [5.74, 6) is 0.00101. The van der Waals surface area contributed by atoms with Crippen LogP contribution >= 0.6 is 0 Å². The van der Waals surface area contributed by atoms with Crippen LogP contribution in [0.25, 0.3) is 0 Å². The standard InChI is InChI=1S/C19H21NO4/c1-3-18(22)24-13-17(21)20-19(14-7-5-4-6-8-14)15-9-11-16(23-2)12-10-15/h4-12,19H,3,13H2,1-2H3,(H,20,21)/t19-/m1/s1. The average Bonchev–Trinajstić information content (AvgIpc) is 2.65. The summed E-state index contributed by atoms with van der Waals surface area (Å²) >= 11 is 0. The van der Waals surface area contributed by atoms with Gasteiger partial charge >= 0.3 is 5.97 Å². The Kier molecular flexibility index (Phi) is 6.37. The Morgan fingerprint density at radius 1 is 1.00 bits per heavy atom. The molecule has 5 heteroatoms. The van der Waals surface area contributed by atoms with E-state index >= 15 is 0 Å². The van der Waals surface area contributed by atoms with Crippen LogP contribution in [0.15, 0.2) is 54.6 Å². The third-order valence-corrected chi connectivity index (χ3v) is 3.54. The van der Waals surface area contributed by atoms with Gasteiger partial charge in [-0.15, -0.1) is 0 Å². The molecule has 1 amide bonds. The average molecular weight is 327 g/mol.